The Morgan fingerprint density at radius 3 is 2.46 bits per heavy atom. The minimum absolute atomic E-state index is 0.0259. The highest BCUT2D eigenvalue weighted by molar-refractivity contribution is 6.07. The van der Waals surface area contributed by atoms with Crippen molar-refractivity contribution in [3.63, 3.8) is 0 Å². The molecule has 1 N–H and O–H groups in total. The highest BCUT2D eigenvalue weighted by Gasteiger charge is 2.57. The first-order valence-electron chi connectivity index (χ1n) is 16.0. The largest absolute Gasteiger partial charge is 0.332 e. The van der Waals surface area contributed by atoms with Crippen molar-refractivity contribution in [3.8, 4) is 17.3 Å². The van der Waals surface area contributed by atoms with E-state index < -0.39 is 41.2 Å². The number of aromatic nitrogens is 3. The zero-order chi connectivity index (χ0) is 34.2. The molecule has 0 unspecified atom stereocenters. The van der Waals surface area contributed by atoms with E-state index >= 15 is 0 Å². The summed E-state index contributed by atoms with van der Waals surface area (Å²) in [6, 6.07) is 22.3. The molecule has 3 amide bonds. The van der Waals surface area contributed by atoms with Crippen LogP contribution < -0.4 is 5.32 Å². The number of anilines is 1. The molecule has 4 aromatic rings. The van der Waals surface area contributed by atoms with Gasteiger partial charge in [-0.15, -0.1) is 5.10 Å². The van der Waals surface area contributed by atoms with E-state index in [-0.39, 0.29) is 30.7 Å². The summed E-state index contributed by atoms with van der Waals surface area (Å²) in [5.41, 5.74) is 2.12. The molecule has 3 heterocycles. The van der Waals surface area contributed by atoms with Crippen molar-refractivity contribution < 1.29 is 18.8 Å². The zero-order valence-electron chi connectivity index (χ0n) is 27.4. The van der Waals surface area contributed by atoms with Crippen molar-refractivity contribution in [1.82, 2.24) is 24.8 Å². The molecule has 246 valence electrons. The third kappa shape index (κ3) is 6.18. The van der Waals surface area contributed by atoms with Crippen LogP contribution in [0.15, 0.2) is 85.1 Å². The van der Waals surface area contributed by atoms with Crippen LogP contribution in [0.5, 0.6) is 0 Å². The summed E-state index contributed by atoms with van der Waals surface area (Å²) < 4.78 is 15.3. The molecule has 3 aromatic carbocycles. The second-order valence-electron chi connectivity index (χ2n) is 13.9. The average molecular weight is 648 g/mol. The van der Waals surface area contributed by atoms with Gasteiger partial charge in [0.1, 0.15) is 29.6 Å². The second kappa shape index (κ2) is 12.7. The number of likely N-dealkylation sites (tertiary alicyclic amines) is 1. The number of fused-ring (bicyclic) bond motifs is 2. The smallest absolute Gasteiger partial charge is 0.248 e. The van der Waals surface area contributed by atoms with Gasteiger partial charge in [-0.05, 0) is 41.2 Å². The number of rotatable bonds is 8. The Kier molecular flexibility index (Phi) is 8.60. The number of benzene rings is 3. The topological polar surface area (TPSA) is 124 Å². The molecular weight excluding hydrogens is 609 g/mol. The predicted octanol–water partition coefficient (Wildman–Crippen LogP) is 5.15. The molecule has 0 bridgehead atoms. The summed E-state index contributed by atoms with van der Waals surface area (Å²) in [5.74, 6) is -1.42. The predicted molar refractivity (Wildman–Crippen MR) is 178 cm³/mol. The molecule has 1 saturated heterocycles. The highest BCUT2D eigenvalue weighted by Crippen LogP contribution is 2.46. The summed E-state index contributed by atoms with van der Waals surface area (Å²) in [4.78, 5) is 45.5. The molecule has 2 aliphatic heterocycles. The lowest BCUT2D eigenvalue weighted by atomic mass is 9.80. The first-order chi connectivity index (χ1) is 22.9. The van der Waals surface area contributed by atoms with Gasteiger partial charge >= 0.3 is 0 Å². The van der Waals surface area contributed by atoms with E-state index in [9.17, 15) is 24.0 Å². The summed E-state index contributed by atoms with van der Waals surface area (Å²) >= 11 is 0. The van der Waals surface area contributed by atoms with Crippen LogP contribution in [0.2, 0.25) is 0 Å². The van der Waals surface area contributed by atoms with Crippen LogP contribution in [-0.4, -0.2) is 68.2 Å². The van der Waals surface area contributed by atoms with Crippen molar-refractivity contribution in [2.24, 2.45) is 5.41 Å². The Hall–Kier alpha value is -5.37. The van der Waals surface area contributed by atoms with Crippen LogP contribution >= 0.6 is 0 Å². The quantitative estimate of drug-likeness (QED) is 0.282. The first kappa shape index (κ1) is 32.6. The SMILES string of the molecule is CN(C(=O)[C@H](Cc1ccc(F)cc1)n1cc(-c2ccccc2)nn1)[C@@H](CC(C)(C)C)C(=O)N1C[C@]2(C[C@H]1C#N)C(=O)Nc1ccccc12. The Morgan fingerprint density at radius 2 is 1.77 bits per heavy atom. The third-order valence-electron chi connectivity index (χ3n) is 9.35. The fourth-order valence-corrected chi connectivity index (χ4v) is 6.84. The van der Waals surface area contributed by atoms with Gasteiger partial charge in [0.15, 0.2) is 0 Å². The summed E-state index contributed by atoms with van der Waals surface area (Å²) in [5, 5.41) is 21.8. The molecule has 10 nitrogen and oxygen atoms in total. The van der Waals surface area contributed by atoms with Crippen LogP contribution in [-0.2, 0) is 26.2 Å². The lowest BCUT2D eigenvalue weighted by Gasteiger charge is -2.37. The van der Waals surface area contributed by atoms with Gasteiger partial charge in [0, 0.05) is 37.7 Å². The molecule has 48 heavy (non-hydrogen) atoms. The molecule has 1 fully saturated rings. The van der Waals surface area contributed by atoms with E-state index in [1.54, 1.807) is 25.4 Å². The van der Waals surface area contributed by atoms with E-state index in [0.29, 0.717) is 23.4 Å². The van der Waals surface area contributed by atoms with E-state index in [0.717, 1.165) is 11.1 Å². The van der Waals surface area contributed by atoms with Gasteiger partial charge in [-0.1, -0.05) is 86.6 Å². The molecule has 11 heteroatoms. The van der Waals surface area contributed by atoms with Gasteiger partial charge in [0.05, 0.1) is 17.7 Å². The standard InChI is InChI=1S/C37H38FN7O3/c1-36(2,3)20-32(34(47)44-23-37(19-27(44)21-39)28-12-8-9-13-29(28)40-35(37)48)43(4)33(46)31(18-24-14-16-26(38)17-15-24)45-22-30(41-42-45)25-10-6-5-7-11-25/h5-17,22,27,31-32H,18-20,23H2,1-4H3,(H,40,48)/t27-,31-,32-,37-/m0/s1. The Balaban J connectivity index is 1.34. The van der Waals surface area contributed by atoms with Crippen LogP contribution in [0.1, 0.15) is 50.8 Å². The number of halogens is 1. The van der Waals surface area contributed by atoms with Crippen LogP contribution in [0.3, 0.4) is 0 Å². The van der Waals surface area contributed by atoms with E-state index in [2.05, 4.69) is 21.7 Å². The maximum Gasteiger partial charge on any atom is 0.248 e. The number of nitrogens with one attached hydrogen (secondary N) is 1. The van der Waals surface area contributed by atoms with Gasteiger partial charge in [0.25, 0.3) is 0 Å². The number of carbonyl (C=O) groups is 3. The van der Waals surface area contributed by atoms with Crippen LogP contribution in [0.4, 0.5) is 10.1 Å². The number of amides is 3. The van der Waals surface area contributed by atoms with E-state index in [1.807, 2.05) is 75.4 Å². The molecule has 1 aromatic heterocycles. The lowest BCUT2D eigenvalue weighted by Crippen LogP contribution is -2.54. The number of carbonyl (C=O) groups excluding carboxylic acids is 3. The van der Waals surface area contributed by atoms with Crippen molar-refractivity contribution >= 4 is 23.4 Å². The molecule has 0 aliphatic carbocycles. The van der Waals surface area contributed by atoms with Gasteiger partial charge in [-0.3, -0.25) is 14.4 Å². The third-order valence-corrected chi connectivity index (χ3v) is 9.35. The van der Waals surface area contributed by atoms with Gasteiger partial charge < -0.3 is 15.1 Å². The second-order valence-corrected chi connectivity index (χ2v) is 13.9. The minimum Gasteiger partial charge on any atom is -0.332 e. The maximum absolute atomic E-state index is 14.6. The highest BCUT2D eigenvalue weighted by atomic mass is 19.1. The Morgan fingerprint density at radius 1 is 1.08 bits per heavy atom. The minimum atomic E-state index is -1.05. The van der Waals surface area contributed by atoms with Crippen molar-refractivity contribution in [1.29, 1.82) is 5.26 Å². The summed E-state index contributed by atoms with van der Waals surface area (Å²) in [7, 11) is 1.59. The molecule has 0 saturated carbocycles. The summed E-state index contributed by atoms with van der Waals surface area (Å²) in [6.07, 6.45) is 2.32. The van der Waals surface area contributed by atoms with Gasteiger partial charge in [-0.2, -0.15) is 5.26 Å². The fraction of sp³-hybridized carbons (Fsp3) is 0.351. The average Bonchev–Trinajstić information content (AvgIpc) is 3.79. The number of likely N-dealkylation sites (N-methyl/N-ethyl adjacent to an activating group) is 1. The number of nitrogens with zero attached hydrogens (tertiary/aromatic N) is 6. The molecule has 6 rings (SSSR count). The molecule has 0 radical (unpaired) electrons. The van der Waals surface area contributed by atoms with Crippen LogP contribution in [0, 0.1) is 22.6 Å². The summed E-state index contributed by atoms with van der Waals surface area (Å²) in [6.45, 7) is 5.98. The van der Waals surface area contributed by atoms with Gasteiger partial charge in [0.2, 0.25) is 17.7 Å². The van der Waals surface area contributed by atoms with Gasteiger partial charge in [-0.25, -0.2) is 9.07 Å². The lowest BCUT2D eigenvalue weighted by molar-refractivity contribution is -0.148. The maximum atomic E-state index is 14.6. The van der Waals surface area contributed by atoms with Crippen LogP contribution in [0.25, 0.3) is 11.3 Å². The zero-order valence-corrected chi connectivity index (χ0v) is 27.4. The van der Waals surface area contributed by atoms with Crippen molar-refractivity contribution in [2.45, 2.75) is 63.6 Å². The Bertz CT molecular complexity index is 1880. The molecule has 2 aliphatic rings. The first-order valence-corrected chi connectivity index (χ1v) is 16.0. The number of para-hydroxylation sites is 1. The molecule has 1 spiro atoms. The molecule has 4 atom stereocenters. The Labute approximate surface area is 279 Å². The number of nitriles is 1. The molecular formula is C37H38FN7O3. The number of hydrogen-bond acceptors (Lipinski definition) is 6. The monoisotopic (exact) mass is 647 g/mol. The van der Waals surface area contributed by atoms with Crippen molar-refractivity contribution in [3.05, 3.63) is 102 Å². The van der Waals surface area contributed by atoms with Crippen molar-refractivity contribution in [2.75, 3.05) is 18.9 Å². The normalized spacial score (nSPS) is 19.8. The van der Waals surface area contributed by atoms with E-state index in [4.69, 9.17) is 0 Å². The number of hydrogen-bond donors (Lipinski definition) is 1. The van der Waals surface area contributed by atoms with E-state index in [1.165, 1.54) is 26.6 Å². The fourth-order valence-electron chi connectivity index (χ4n) is 6.84.